The third-order valence-electron chi connectivity index (χ3n) is 4.19. The second kappa shape index (κ2) is 5.15. The molecule has 2 aromatic rings. The zero-order valence-corrected chi connectivity index (χ0v) is 11.9. The minimum absolute atomic E-state index is 0.0694. The number of nitrogens with zero attached hydrogens (tertiary/aromatic N) is 2. The van der Waals surface area contributed by atoms with Gasteiger partial charge in [0.05, 0.1) is 6.10 Å². The monoisotopic (exact) mass is 285 g/mol. The molecular weight excluding hydrogens is 266 g/mol. The summed E-state index contributed by atoms with van der Waals surface area (Å²) < 4.78 is 7.82. The molecule has 1 saturated carbocycles. The van der Waals surface area contributed by atoms with Crippen molar-refractivity contribution in [2.45, 2.75) is 44.4 Å². The zero-order valence-electron chi connectivity index (χ0n) is 11.9. The topological polar surface area (TPSA) is 56.2 Å². The van der Waals surface area contributed by atoms with Crippen molar-refractivity contribution in [1.29, 1.82) is 0 Å². The summed E-state index contributed by atoms with van der Waals surface area (Å²) in [6.07, 6.45) is 6.17. The molecule has 1 aliphatic heterocycles. The highest BCUT2D eigenvalue weighted by Crippen LogP contribution is 2.32. The van der Waals surface area contributed by atoms with Crippen molar-refractivity contribution in [2.24, 2.45) is 0 Å². The highest BCUT2D eigenvalue weighted by atomic mass is 16.5. The summed E-state index contributed by atoms with van der Waals surface area (Å²) in [6.45, 7) is 1.13. The molecule has 0 radical (unpaired) electrons. The van der Waals surface area contributed by atoms with Crippen LogP contribution < -0.4 is 5.32 Å². The van der Waals surface area contributed by atoms with Crippen LogP contribution in [0.5, 0.6) is 0 Å². The molecule has 0 bridgehead atoms. The molecule has 0 unspecified atom stereocenters. The largest absolute Gasteiger partial charge is 0.372 e. The van der Waals surface area contributed by atoms with E-state index in [1.165, 1.54) is 0 Å². The van der Waals surface area contributed by atoms with Crippen LogP contribution in [0.2, 0.25) is 0 Å². The predicted octanol–water partition coefficient (Wildman–Crippen LogP) is 2.17. The van der Waals surface area contributed by atoms with Gasteiger partial charge in [-0.1, -0.05) is 0 Å². The van der Waals surface area contributed by atoms with Gasteiger partial charge in [-0.15, -0.1) is 0 Å². The highest BCUT2D eigenvalue weighted by molar-refractivity contribution is 5.82. The van der Waals surface area contributed by atoms with Crippen molar-refractivity contribution in [3.63, 3.8) is 0 Å². The van der Waals surface area contributed by atoms with Crippen LogP contribution in [0.1, 0.15) is 37.5 Å². The molecule has 3 heterocycles. The number of amides is 1. The molecule has 2 fully saturated rings. The summed E-state index contributed by atoms with van der Waals surface area (Å²) in [7, 11) is 0. The minimum atomic E-state index is 0.0694. The number of aromatic nitrogens is 2. The van der Waals surface area contributed by atoms with Crippen molar-refractivity contribution in [2.75, 3.05) is 6.61 Å². The van der Waals surface area contributed by atoms with Gasteiger partial charge in [0, 0.05) is 29.9 Å². The molecule has 0 aromatic carbocycles. The van der Waals surface area contributed by atoms with Gasteiger partial charge in [-0.3, -0.25) is 4.79 Å². The van der Waals surface area contributed by atoms with Crippen LogP contribution in [0.15, 0.2) is 24.4 Å². The SMILES string of the molecule is O=C(Cn1c([C@@H]2CCCO2)cc2cccnc21)NC1CC1. The Balaban J connectivity index is 1.68. The van der Waals surface area contributed by atoms with Gasteiger partial charge < -0.3 is 14.6 Å². The summed E-state index contributed by atoms with van der Waals surface area (Å²) in [5.41, 5.74) is 1.95. The fraction of sp³-hybridized carbons (Fsp3) is 0.500. The van der Waals surface area contributed by atoms with Gasteiger partial charge in [0.15, 0.2) is 0 Å². The lowest BCUT2D eigenvalue weighted by atomic mass is 10.2. The maximum absolute atomic E-state index is 12.2. The average molecular weight is 285 g/mol. The van der Waals surface area contributed by atoms with E-state index in [9.17, 15) is 4.79 Å². The minimum Gasteiger partial charge on any atom is -0.372 e. The number of nitrogens with one attached hydrogen (secondary N) is 1. The third kappa shape index (κ3) is 2.53. The molecule has 21 heavy (non-hydrogen) atoms. The van der Waals surface area contributed by atoms with Crippen molar-refractivity contribution in [3.8, 4) is 0 Å². The smallest absolute Gasteiger partial charge is 0.240 e. The second-order valence-electron chi connectivity index (χ2n) is 5.92. The van der Waals surface area contributed by atoms with Gasteiger partial charge in [0.25, 0.3) is 0 Å². The van der Waals surface area contributed by atoms with E-state index in [0.717, 1.165) is 49.0 Å². The number of pyridine rings is 1. The highest BCUT2D eigenvalue weighted by Gasteiger charge is 2.26. The summed E-state index contributed by atoms with van der Waals surface area (Å²) in [4.78, 5) is 16.6. The Morgan fingerprint density at radius 3 is 3.10 bits per heavy atom. The van der Waals surface area contributed by atoms with Gasteiger partial charge in [0.1, 0.15) is 12.2 Å². The van der Waals surface area contributed by atoms with Crippen molar-refractivity contribution >= 4 is 16.9 Å². The Morgan fingerprint density at radius 2 is 2.33 bits per heavy atom. The van der Waals surface area contributed by atoms with E-state index in [4.69, 9.17) is 4.74 Å². The maximum atomic E-state index is 12.2. The van der Waals surface area contributed by atoms with E-state index >= 15 is 0 Å². The van der Waals surface area contributed by atoms with Gasteiger partial charge in [0.2, 0.25) is 5.91 Å². The van der Waals surface area contributed by atoms with E-state index in [1.54, 1.807) is 6.20 Å². The van der Waals surface area contributed by atoms with E-state index < -0.39 is 0 Å². The fourth-order valence-electron chi connectivity index (χ4n) is 3.00. The predicted molar refractivity (Wildman–Crippen MR) is 78.8 cm³/mol. The van der Waals surface area contributed by atoms with Crippen LogP contribution >= 0.6 is 0 Å². The van der Waals surface area contributed by atoms with E-state index in [2.05, 4.69) is 16.4 Å². The lowest BCUT2D eigenvalue weighted by Gasteiger charge is -2.14. The molecular formula is C16H19N3O2. The number of carbonyl (C=O) groups excluding carboxylic acids is 1. The van der Waals surface area contributed by atoms with Gasteiger partial charge in [-0.2, -0.15) is 0 Å². The van der Waals surface area contributed by atoms with Crippen LogP contribution in [0.3, 0.4) is 0 Å². The molecule has 1 aliphatic carbocycles. The normalized spacial score (nSPS) is 21.8. The van der Waals surface area contributed by atoms with Gasteiger partial charge >= 0.3 is 0 Å². The van der Waals surface area contributed by atoms with Crippen molar-refractivity contribution in [3.05, 3.63) is 30.1 Å². The molecule has 1 amide bonds. The van der Waals surface area contributed by atoms with Crippen LogP contribution in [0, 0.1) is 0 Å². The van der Waals surface area contributed by atoms with E-state index in [1.807, 2.05) is 16.7 Å². The summed E-state index contributed by atoms with van der Waals surface area (Å²) >= 11 is 0. The summed E-state index contributed by atoms with van der Waals surface area (Å²) in [5.74, 6) is 0.0694. The number of carbonyl (C=O) groups is 1. The first-order valence-corrected chi connectivity index (χ1v) is 7.66. The fourth-order valence-corrected chi connectivity index (χ4v) is 3.00. The molecule has 5 heteroatoms. The maximum Gasteiger partial charge on any atom is 0.240 e. The van der Waals surface area contributed by atoms with E-state index in [-0.39, 0.29) is 12.0 Å². The number of ether oxygens (including phenoxy) is 1. The standard InChI is InChI=1S/C16H19N3O2/c20-15(18-12-5-6-12)10-19-13(14-4-2-8-21-14)9-11-3-1-7-17-16(11)19/h1,3,7,9,12,14H,2,4-6,8,10H2,(H,18,20)/t14-/m0/s1. The Morgan fingerprint density at radius 1 is 1.43 bits per heavy atom. The Kier molecular flexibility index (Phi) is 3.15. The molecule has 5 nitrogen and oxygen atoms in total. The van der Waals surface area contributed by atoms with Crippen LogP contribution in [-0.4, -0.2) is 28.1 Å². The lowest BCUT2D eigenvalue weighted by Crippen LogP contribution is -2.30. The molecule has 110 valence electrons. The molecule has 1 N–H and O–H groups in total. The molecule has 1 atom stereocenters. The van der Waals surface area contributed by atoms with Gasteiger partial charge in [-0.25, -0.2) is 4.98 Å². The summed E-state index contributed by atoms with van der Waals surface area (Å²) in [6, 6.07) is 6.47. The first-order valence-electron chi connectivity index (χ1n) is 7.66. The molecule has 4 rings (SSSR count). The van der Waals surface area contributed by atoms with Crippen molar-refractivity contribution < 1.29 is 9.53 Å². The Hall–Kier alpha value is -1.88. The molecule has 0 spiro atoms. The molecule has 2 aliphatic rings. The number of hydrogen-bond donors (Lipinski definition) is 1. The molecule has 2 aromatic heterocycles. The number of hydrogen-bond acceptors (Lipinski definition) is 3. The first-order chi connectivity index (χ1) is 10.3. The van der Waals surface area contributed by atoms with Crippen molar-refractivity contribution in [1.82, 2.24) is 14.9 Å². The third-order valence-corrected chi connectivity index (χ3v) is 4.19. The molecule has 1 saturated heterocycles. The van der Waals surface area contributed by atoms with Gasteiger partial charge in [-0.05, 0) is 43.9 Å². The first kappa shape index (κ1) is 12.8. The zero-order chi connectivity index (χ0) is 14.2. The lowest BCUT2D eigenvalue weighted by molar-refractivity contribution is -0.121. The second-order valence-corrected chi connectivity index (χ2v) is 5.92. The Bertz CT molecular complexity index is 669. The number of fused-ring (bicyclic) bond motifs is 1. The van der Waals surface area contributed by atoms with Crippen LogP contribution in [0.4, 0.5) is 0 Å². The quantitative estimate of drug-likeness (QED) is 0.936. The summed E-state index contributed by atoms with van der Waals surface area (Å²) in [5, 5.41) is 4.12. The Labute approximate surface area is 123 Å². The average Bonchev–Trinajstić information content (AvgIpc) is 3.02. The van der Waals surface area contributed by atoms with E-state index in [0.29, 0.717) is 12.6 Å². The van der Waals surface area contributed by atoms with Crippen LogP contribution in [-0.2, 0) is 16.1 Å². The number of rotatable bonds is 4. The van der Waals surface area contributed by atoms with Crippen LogP contribution in [0.25, 0.3) is 11.0 Å².